The molecule has 1 aromatic carbocycles. The molecule has 3 amide bonds. The van der Waals surface area contributed by atoms with Gasteiger partial charge in [-0.25, -0.2) is 4.79 Å². The molecule has 1 aromatic rings. The normalized spacial score (nSPS) is 25.0. The van der Waals surface area contributed by atoms with Crippen molar-refractivity contribution in [3.8, 4) is 0 Å². The molecule has 3 rings (SSSR count). The van der Waals surface area contributed by atoms with Crippen LogP contribution in [0.1, 0.15) is 25.7 Å². The lowest BCUT2D eigenvalue weighted by molar-refractivity contribution is -0.116. The third-order valence-electron chi connectivity index (χ3n) is 4.43. The lowest BCUT2D eigenvalue weighted by atomic mass is 10.0. The van der Waals surface area contributed by atoms with E-state index < -0.39 is 0 Å². The summed E-state index contributed by atoms with van der Waals surface area (Å²) in [6, 6.07) is 8.39. The predicted octanol–water partition coefficient (Wildman–Crippen LogP) is 3.07. The molecule has 0 saturated carbocycles. The highest BCUT2D eigenvalue weighted by atomic mass is 32.2. The van der Waals surface area contributed by atoms with Gasteiger partial charge in [0.25, 0.3) is 0 Å². The van der Waals surface area contributed by atoms with Crippen molar-refractivity contribution < 1.29 is 9.59 Å². The third kappa shape index (κ3) is 4.39. The molecule has 0 bridgehead atoms. The molecule has 5 nitrogen and oxygen atoms in total. The van der Waals surface area contributed by atoms with Crippen LogP contribution in [0.2, 0.25) is 0 Å². The summed E-state index contributed by atoms with van der Waals surface area (Å²) in [6.45, 7) is 0. The standard InChI is InChI=1S/C17H23N3O2S2/c1-23-12-6-4-5-11(9-12)18-15(21)8-3-2-7-14-16-13(10-24-14)19-17(22)20-16/h4-6,9,13-14,16H,2-3,7-8,10H2,1H3,(H,18,21)(H2,19,20,22)/t13-,14+,16+/m0/s1. The average Bonchev–Trinajstić information content (AvgIpc) is 3.11. The van der Waals surface area contributed by atoms with E-state index in [1.165, 1.54) is 0 Å². The molecule has 0 radical (unpaired) electrons. The minimum Gasteiger partial charge on any atom is -0.332 e. The highest BCUT2D eigenvalue weighted by Gasteiger charge is 2.42. The summed E-state index contributed by atoms with van der Waals surface area (Å²) in [5, 5.41) is 9.39. The topological polar surface area (TPSA) is 70.2 Å². The van der Waals surface area contributed by atoms with Gasteiger partial charge in [-0.15, -0.1) is 11.8 Å². The minimum atomic E-state index is -0.0397. The summed E-state index contributed by atoms with van der Waals surface area (Å²) < 4.78 is 0. The van der Waals surface area contributed by atoms with Crippen LogP contribution < -0.4 is 16.0 Å². The van der Waals surface area contributed by atoms with E-state index in [0.717, 1.165) is 35.6 Å². The van der Waals surface area contributed by atoms with E-state index >= 15 is 0 Å². The van der Waals surface area contributed by atoms with E-state index in [-0.39, 0.29) is 24.0 Å². The summed E-state index contributed by atoms with van der Waals surface area (Å²) in [5.41, 5.74) is 0.862. The molecule has 2 heterocycles. The van der Waals surface area contributed by atoms with E-state index in [0.29, 0.717) is 11.7 Å². The first-order chi connectivity index (χ1) is 11.7. The first-order valence-corrected chi connectivity index (χ1v) is 10.6. The summed E-state index contributed by atoms with van der Waals surface area (Å²) in [7, 11) is 0. The van der Waals surface area contributed by atoms with Crippen LogP contribution in [0.4, 0.5) is 10.5 Å². The molecule has 2 fully saturated rings. The van der Waals surface area contributed by atoms with E-state index in [1.807, 2.05) is 42.3 Å². The molecular weight excluding hydrogens is 342 g/mol. The van der Waals surface area contributed by atoms with Gasteiger partial charge in [0.1, 0.15) is 0 Å². The van der Waals surface area contributed by atoms with Crippen molar-refractivity contribution in [2.45, 2.75) is 47.9 Å². The van der Waals surface area contributed by atoms with Gasteiger partial charge in [-0.1, -0.05) is 12.5 Å². The molecule has 0 unspecified atom stereocenters. The molecule has 24 heavy (non-hydrogen) atoms. The zero-order chi connectivity index (χ0) is 16.9. The second kappa shape index (κ2) is 8.16. The molecule has 2 aliphatic heterocycles. The largest absolute Gasteiger partial charge is 0.332 e. The number of amides is 3. The van der Waals surface area contributed by atoms with Crippen LogP contribution in [0.3, 0.4) is 0 Å². The van der Waals surface area contributed by atoms with Crippen molar-refractivity contribution in [1.29, 1.82) is 0 Å². The number of urea groups is 1. The lowest BCUT2D eigenvalue weighted by Gasteiger charge is -2.16. The number of carbonyl (C=O) groups is 2. The molecule has 3 N–H and O–H groups in total. The zero-order valence-corrected chi connectivity index (χ0v) is 15.3. The Bertz CT molecular complexity index is 611. The Balaban J connectivity index is 1.36. The minimum absolute atomic E-state index is 0.0397. The van der Waals surface area contributed by atoms with Crippen molar-refractivity contribution in [2.75, 3.05) is 17.3 Å². The van der Waals surface area contributed by atoms with E-state index in [2.05, 4.69) is 16.0 Å². The van der Waals surface area contributed by atoms with Gasteiger partial charge in [-0.05, 0) is 37.3 Å². The number of rotatable bonds is 7. The number of thioether (sulfide) groups is 2. The maximum atomic E-state index is 12.0. The Hall–Kier alpha value is -1.34. The number of hydrogen-bond acceptors (Lipinski definition) is 4. The van der Waals surface area contributed by atoms with Gasteiger partial charge in [0, 0.05) is 28.0 Å². The number of hydrogen-bond donors (Lipinski definition) is 3. The van der Waals surface area contributed by atoms with Crippen LogP contribution >= 0.6 is 23.5 Å². The number of nitrogens with one attached hydrogen (secondary N) is 3. The molecule has 7 heteroatoms. The first kappa shape index (κ1) is 17.5. The van der Waals surface area contributed by atoms with Crippen molar-refractivity contribution in [2.24, 2.45) is 0 Å². The predicted molar refractivity (Wildman–Crippen MR) is 101 cm³/mol. The highest BCUT2D eigenvalue weighted by Crippen LogP contribution is 2.33. The summed E-state index contributed by atoms with van der Waals surface area (Å²) in [4.78, 5) is 24.5. The number of fused-ring (bicyclic) bond motifs is 1. The zero-order valence-electron chi connectivity index (χ0n) is 13.7. The molecule has 0 aliphatic carbocycles. The second-order valence-electron chi connectivity index (χ2n) is 6.15. The van der Waals surface area contributed by atoms with Gasteiger partial charge in [0.05, 0.1) is 12.1 Å². The van der Waals surface area contributed by atoms with Gasteiger partial charge < -0.3 is 16.0 Å². The van der Waals surface area contributed by atoms with E-state index in [1.54, 1.807) is 11.8 Å². The molecular formula is C17H23N3O2S2. The van der Waals surface area contributed by atoms with Gasteiger partial charge in [-0.3, -0.25) is 4.79 Å². The smallest absolute Gasteiger partial charge is 0.315 e. The Kier molecular flexibility index (Phi) is 5.94. The summed E-state index contributed by atoms with van der Waals surface area (Å²) in [6.07, 6.45) is 5.50. The fourth-order valence-corrected chi connectivity index (χ4v) is 5.20. The fraction of sp³-hybridized carbons (Fsp3) is 0.529. The number of carbonyl (C=O) groups excluding carboxylic acids is 2. The van der Waals surface area contributed by atoms with Crippen molar-refractivity contribution in [3.05, 3.63) is 24.3 Å². The van der Waals surface area contributed by atoms with Crippen molar-refractivity contribution in [3.63, 3.8) is 0 Å². The molecule has 2 saturated heterocycles. The van der Waals surface area contributed by atoms with Crippen LogP contribution in [0, 0.1) is 0 Å². The number of anilines is 1. The van der Waals surface area contributed by atoms with Crippen LogP contribution in [0.5, 0.6) is 0 Å². The molecule has 3 atom stereocenters. The Morgan fingerprint density at radius 1 is 1.38 bits per heavy atom. The second-order valence-corrected chi connectivity index (χ2v) is 8.30. The monoisotopic (exact) mass is 365 g/mol. The Morgan fingerprint density at radius 2 is 2.25 bits per heavy atom. The maximum absolute atomic E-state index is 12.0. The molecule has 130 valence electrons. The van der Waals surface area contributed by atoms with Crippen LogP contribution in [-0.4, -0.2) is 41.3 Å². The Labute approximate surface area is 151 Å². The molecule has 0 aromatic heterocycles. The Morgan fingerprint density at radius 3 is 3.08 bits per heavy atom. The van der Waals surface area contributed by atoms with Gasteiger partial charge >= 0.3 is 6.03 Å². The highest BCUT2D eigenvalue weighted by molar-refractivity contribution is 8.00. The van der Waals surface area contributed by atoms with Gasteiger partial charge in [-0.2, -0.15) is 11.8 Å². The number of unbranched alkanes of at least 4 members (excludes halogenated alkanes) is 1. The van der Waals surface area contributed by atoms with E-state index in [9.17, 15) is 9.59 Å². The van der Waals surface area contributed by atoms with Gasteiger partial charge in [0.2, 0.25) is 5.91 Å². The van der Waals surface area contributed by atoms with E-state index in [4.69, 9.17) is 0 Å². The summed E-state index contributed by atoms with van der Waals surface area (Å²) >= 11 is 3.59. The fourth-order valence-electron chi connectivity index (χ4n) is 3.20. The van der Waals surface area contributed by atoms with Crippen LogP contribution in [0.25, 0.3) is 0 Å². The SMILES string of the molecule is CSc1cccc(NC(=O)CCCC[C@H]2SC[C@@H]3NC(=O)N[C@H]32)c1. The first-order valence-electron chi connectivity index (χ1n) is 8.28. The average molecular weight is 366 g/mol. The van der Waals surface area contributed by atoms with Crippen molar-refractivity contribution in [1.82, 2.24) is 10.6 Å². The van der Waals surface area contributed by atoms with Crippen molar-refractivity contribution >= 4 is 41.1 Å². The molecule has 0 spiro atoms. The van der Waals surface area contributed by atoms with Crippen LogP contribution in [0.15, 0.2) is 29.2 Å². The molecule has 2 aliphatic rings. The maximum Gasteiger partial charge on any atom is 0.315 e. The quantitative estimate of drug-likeness (QED) is 0.395. The third-order valence-corrected chi connectivity index (χ3v) is 6.67. The lowest BCUT2D eigenvalue weighted by Crippen LogP contribution is -2.36. The number of benzene rings is 1. The van der Waals surface area contributed by atoms with Crippen LogP contribution in [-0.2, 0) is 4.79 Å². The van der Waals surface area contributed by atoms with Gasteiger partial charge in [0.15, 0.2) is 0 Å². The summed E-state index contributed by atoms with van der Waals surface area (Å²) in [5.74, 6) is 1.06.